The molecule has 3 saturated carbocycles. The number of carbonyl (C=O) groups is 2. The number of hydrogen-bond acceptors (Lipinski definition) is 11. The van der Waals surface area contributed by atoms with Gasteiger partial charge in [0.1, 0.15) is 30.7 Å². The Morgan fingerprint density at radius 2 is 1.78 bits per heavy atom. The number of aldehydes is 1. The molecule has 6 N–H and O–H groups in total. The molecule has 37 heavy (non-hydrogen) atoms. The minimum atomic E-state index is -1.65. The van der Waals surface area contributed by atoms with E-state index >= 15 is 0 Å². The number of hydrogen-bond donors (Lipinski definition) is 6. The van der Waals surface area contributed by atoms with Crippen LogP contribution in [0.25, 0.3) is 0 Å². The van der Waals surface area contributed by atoms with Gasteiger partial charge in [-0.1, -0.05) is 13.3 Å². The SMILES string of the molecule is C[C@@]1([C@@H]2CC[C@@H]3C[C@@]2(C=O)C[C@]3(O)CO)CCC[C@@]2(C)C(=O)O[C@H](O[C@@H]3O[C@H](CO)[C@@H](O)[C@H](O)[C@H]3O)[C@@H]12. The molecule has 0 unspecified atom stereocenters. The van der Waals surface area contributed by atoms with Crippen molar-refractivity contribution >= 4 is 12.3 Å². The van der Waals surface area contributed by atoms with Crippen molar-refractivity contribution in [1.29, 1.82) is 0 Å². The number of fused-ring (bicyclic) bond motifs is 3. The van der Waals surface area contributed by atoms with E-state index in [9.17, 15) is 40.2 Å². The van der Waals surface area contributed by atoms with E-state index in [0.717, 1.165) is 12.7 Å². The molecule has 0 aromatic rings. The fourth-order valence-electron chi connectivity index (χ4n) is 8.90. The second kappa shape index (κ2) is 9.19. The molecule has 13 atom stereocenters. The Morgan fingerprint density at radius 3 is 2.43 bits per heavy atom. The minimum Gasteiger partial charge on any atom is -0.435 e. The van der Waals surface area contributed by atoms with Crippen molar-refractivity contribution in [2.24, 2.45) is 34.0 Å². The molecule has 5 fully saturated rings. The molecule has 210 valence electrons. The Morgan fingerprint density at radius 1 is 1.05 bits per heavy atom. The van der Waals surface area contributed by atoms with E-state index in [1.807, 2.05) is 13.8 Å². The zero-order chi connectivity index (χ0) is 27.0. The molecule has 2 bridgehead atoms. The van der Waals surface area contributed by atoms with Crippen molar-refractivity contribution < 1.29 is 54.4 Å². The van der Waals surface area contributed by atoms with Gasteiger partial charge in [0.05, 0.1) is 24.2 Å². The quantitative estimate of drug-likeness (QED) is 0.188. The van der Waals surface area contributed by atoms with E-state index in [1.165, 1.54) is 0 Å². The van der Waals surface area contributed by atoms with Crippen LogP contribution < -0.4 is 0 Å². The summed E-state index contributed by atoms with van der Waals surface area (Å²) >= 11 is 0. The normalized spacial score (nSPS) is 55.6. The topological polar surface area (TPSA) is 183 Å². The third kappa shape index (κ3) is 3.84. The number of rotatable bonds is 6. The van der Waals surface area contributed by atoms with Crippen LogP contribution in [0.2, 0.25) is 0 Å². The molecule has 11 heteroatoms. The summed E-state index contributed by atoms with van der Waals surface area (Å²) in [5.74, 6) is -1.38. The van der Waals surface area contributed by atoms with Gasteiger partial charge in [-0.25, -0.2) is 0 Å². The van der Waals surface area contributed by atoms with Gasteiger partial charge in [0.25, 0.3) is 0 Å². The third-order valence-corrected chi connectivity index (χ3v) is 10.7. The first-order chi connectivity index (χ1) is 17.4. The molecule has 2 saturated heterocycles. The second-order valence-corrected chi connectivity index (χ2v) is 12.7. The number of aliphatic hydroxyl groups is 6. The molecule has 0 radical (unpaired) electrons. The molecule has 11 nitrogen and oxygen atoms in total. The molecular weight excluding hydrogens is 488 g/mol. The summed E-state index contributed by atoms with van der Waals surface area (Å²) in [7, 11) is 0. The summed E-state index contributed by atoms with van der Waals surface area (Å²) in [6, 6.07) is 0. The molecule has 0 amide bonds. The molecule has 0 aromatic carbocycles. The Balaban J connectivity index is 1.49. The Kier molecular flexibility index (Phi) is 6.81. The van der Waals surface area contributed by atoms with Crippen molar-refractivity contribution in [3.63, 3.8) is 0 Å². The Labute approximate surface area is 215 Å². The van der Waals surface area contributed by atoms with Gasteiger partial charge in [-0.05, 0) is 62.7 Å². The van der Waals surface area contributed by atoms with Crippen LogP contribution in [0.4, 0.5) is 0 Å². The Hall–Kier alpha value is -1.18. The van der Waals surface area contributed by atoms with Crippen LogP contribution >= 0.6 is 0 Å². The van der Waals surface area contributed by atoms with E-state index in [1.54, 1.807) is 0 Å². The number of esters is 1. The van der Waals surface area contributed by atoms with E-state index in [0.29, 0.717) is 32.1 Å². The first-order valence-corrected chi connectivity index (χ1v) is 13.4. The molecular formula is C26H40O11. The predicted octanol–water partition coefficient (Wildman–Crippen LogP) is -0.773. The first-order valence-electron chi connectivity index (χ1n) is 13.4. The maximum Gasteiger partial charge on any atom is 0.314 e. The van der Waals surface area contributed by atoms with Crippen LogP contribution in [0.5, 0.6) is 0 Å². The number of aliphatic hydroxyl groups excluding tert-OH is 5. The van der Waals surface area contributed by atoms with Gasteiger partial charge in [0.15, 0.2) is 6.29 Å². The summed E-state index contributed by atoms with van der Waals surface area (Å²) in [5, 5.41) is 61.5. The summed E-state index contributed by atoms with van der Waals surface area (Å²) < 4.78 is 17.3. The van der Waals surface area contributed by atoms with Crippen LogP contribution in [0.15, 0.2) is 0 Å². The van der Waals surface area contributed by atoms with Crippen LogP contribution in [0.3, 0.4) is 0 Å². The summed E-state index contributed by atoms with van der Waals surface area (Å²) in [6.45, 7) is 2.83. The van der Waals surface area contributed by atoms with Gasteiger partial charge >= 0.3 is 5.97 Å². The van der Waals surface area contributed by atoms with Gasteiger partial charge in [0.2, 0.25) is 6.29 Å². The van der Waals surface area contributed by atoms with E-state index in [4.69, 9.17) is 14.2 Å². The monoisotopic (exact) mass is 528 g/mol. The fourth-order valence-corrected chi connectivity index (χ4v) is 8.90. The van der Waals surface area contributed by atoms with E-state index in [2.05, 4.69) is 0 Å². The Bertz CT molecular complexity index is 913. The predicted molar refractivity (Wildman–Crippen MR) is 124 cm³/mol. The number of carbonyl (C=O) groups excluding carboxylic acids is 2. The molecule has 0 spiro atoms. The summed E-state index contributed by atoms with van der Waals surface area (Å²) in [5.41, 5.74) is -3.76. The number of ether oxygens (including phenoxy) is 3. The lowest BCUT2D eigenvalue weighted by atomic mass is 9.46. The van der Waals surface area contributed by atoms with E-state index < -0.39 is 83.9 Å². The van der Waals surface area contributed by atoms with Crippen LogP contribution in [0, 0.1) is 34.0 Å². The lowest BCUT2D eigenvalue weighted by molar-refractivity contribution is -0.340. The highest BCUT2D eigenvalue weighted by Crippen LogP contribution is 2.69. The van der Waals surface area contributed by atoms with Crippen molar-refractivity contribution in [2.45, 2.75) is 101 Å². The number of cyclic esters (lactones) is 1. The van der Waals surface area contributed by atoms with Crippen molar-refractivity contribution in [1.82, 2.24) is 0 Å². The highest BCUT2D eigenvalue weighted by Gasteiger charge is 2.70. The lowest BCUT2D eigenvalue weighted by Crippen LogP contribution is -2.61. The van der Waals surface area contributed by atoms with Crippen LogP contribution in [0.1, 0.15) is 58.8 Å². The van der Waals surface area contributed by atoms with Crippen molar-refractivity contribution in [3.05, 3.63) is 0 Å². The van der Waals surface area contributed by atoms with E-state index in [-0.39, 0.29) is 18.3 Å². The molecule has 3 aliphatic carbocycles. The second-order valence-electron chi connectivity index (χ2n) is 12.7. The molecule has 5 aliphatic rings. The zero-order valence-corrected chi connectivity index (χ0v) is 21.4. The minimum absolute atomic E-state index is 0.154. The molecule has 5 rings (SSSR count). The van der Waals surface area contributed by atoms with Gasteiger partial charge in [0, 0.05) is 11.3 Å². The molecule has 0 aromatic heterocycles. The van der Waals surface area contributed by atoms with Crippen molar-refractivity contribution in [2.75, 3.05) is 13.2 Å². The molecule has 2 aliphatic heterocycles. The average Bonchev–Trinajstić information content (AvgIpc) is 3.26. The van der Waals surface area contributed by atoms with Crippen LogP contribution in [-0.4, -0.2) is 98.7 Å². The summed E-state index contributed by atoms with van der Waals surface area (Å²) in [4.78, 5) is 26.0. The maximum atomic E-state index is 13.3. The highest BCUT2D eigenvalue weighted by atomic mass is 16.8. The van der Waals surface area contributed by atoms with Gasteiger partial charge in [-0.3, -0.25) is 4.79 Å². The zero-order valence-electron chi connectivity index (χ0n) is 21.4. The molecule has 2 heterocycles. The van der Waals surface area contributed by atoms with Gasteiger partial charge < -0.3 is 49.6 Å². The largest absolute Gasteiger partial charge is 0.435 e. The maximum absolute atomic E-state index is 13.3. The highest BCUT2D eigenvalue weighted by molar-refractivity contribution is 5.79. The van der Waals surface area contributed by atoms with Crippen LogP contribution in [-0.2, 0) is 23.8 Å². The smallest absolute Gasteiger partial charge is 0.314 e. The summed E-state index contributed by atoms with van der Waals surface area (Å²) in [6.07, 6.45) is -3.86. The first kappa shape index (κ1) is 27.4. The lowest BCUT2D eigenvalue weighted by Gasteiger charge is -2.56. The average molecular weight is 529 g/mol. The standard InChI is InChI=1S/C26H40O11/c1-23(15-5-4-13-8-25(15,11-28)10-26(13,34)12-29)6-3-7-24(2)19(23)21(37-22(24)33)36-20-18(32)17(31)16(30)14(9-27)35-20/h11,13-21,27,29-32,34H,3-10,12H2,1-2H3/t13-,14-,15+,16-,17+,18-,19+,20+,21+,23+,24-,25+,26+/m1/s1. The van der Waals surface area contributed by atoms with Gasteiger partial charge in [-0.2, -0.15) is 0 Å². The fraction of sp³-hybridized carbons (Fsp3) is 0.923. The van der Waals surface area contributed by atoms with Gasteiger partial charge in [-0.15, -0.1) is 0 Å². The van der Waals surface area contributed by atoms with Crippen molar-refractivity contribution in [3.8, 4) is 0 Å². The third-order valence-electron chi connectivity index (χ3n) is 10.7.